The fourth-order valence-electron chi connectivity index (χ4n) is 3.02. The van der Waals surface area contributed by atoms with Crippen LogP contribution in [-0.4, -0.2) is 10.9 Å². The lowest BCUT2D eigenvalue weighted by Crippen LogP contribution is -2.11. The minimum absolute atomic E-state index is 0.148. The number of anilines is 1. The Hall–Kier alpha value is -2.92. The lowest BCUT2D eigenvalue weighted by Gasteiger charge is -2.15. The molecule has 0 aliphatic heterocycles. The molecule has 0 saturated carbocycles. The van der Waals surface area contributed by atoms with E-state index in [2.05, 4.69) is 30.2 Å². The van der Waals surface area contributed by atoms with Crippen LogP contribution in [0.25, 0.3) is 6.08 Å². The van der Waals surface area contributed by atoms with Gasteiger partial charge in [0.1, 0.15) is 12.4 Å². The number of para-hydroxylation sites is 1. The van der Waals surface area contributed by atoms with Crippen molar-refractivity contribution in [2.75, 3.05) is 5.32 Å². The van der Waals surface area contributed by atoms with Gasteiger partial charge in [0, 0.05) is 17.1 Å². The second kappa shape index (κ2) is 9.52. The van der Waals surface area contributed by atoms with Crippen LogP contribution in [0.15, 0.2) is 53.9 Å². The van der Waals surface area contributed by atoms with Crippen LogP contribution in [0.5, 0.6) is 5.75 Å². The topological polar surface area (TPSA) is 51.2 Å². The Morgan fingerprint density at radius 2 is 2.00 bits per heavy atom. The van der Waals surface area contributed by atoms with Crippen molar-refractivity contribution in [2.45, 2.75) is 40.2 Å². The fourth-order valence-corrected chi connectivity index (χ4v) is 3.62. The molecule has 3 aromatic rings. The molecule has 1 amide bonds. The molecule has 0 aliphatic carbocycles. The van der Waals surface area contributed by atoms with Gasteiger partial charge in [-0.25, -0.2) is 4.98 Å². The number of nitrogens with zero attached hydrogens (tertiary/aromatic N) is 1. The molecule has 4 nitrogen and oxygen atoms in total. The van der Waals surface area contributed by atoms with Gasteiger partial charge in [-0.05, 0) is 54.7 Å². The largest absolute Gasteiger partial charge is 0.487 e. The maximum Gasteiger partial charge on any atom is 0.248 e. The molecule has 0 radical (unpaired) electrons. The standard InChI is InChI=1S/C24H26N2O2S/c1-16(2)22-10-5-7-17(3)24(22)26-23(27)12-11-19-8-6-9-21(13-19)28-14-20-15-29-18(4)25-20/h5-13,15-16H,14H2,1-4H3,(H,26,27)/b12-11+. The third-order valence-electron chi connectivity index (χ3n) is 4.51. The minimum atomic E-state index is -0.148. The van der Waals surface area contributed by atoms with E-state index in [1.807, 2.05) is 55.6 Å². The molecule has 150 valence electrons. The van der Waals surface area contributed by atoms with Crippen LogP contribution < -0.4 is 10.1 Å². The molecular formula is C24H26N2O2S. The van der Waals surface area contributed by atoms with Crippen molar-refractivity contribution in [1.82, 2.24) is 4.98 Å². The van der Waals surface area contributed by atoms with Gasteiger partial charge in [0.15, 0.2) is 0 Å². The number of ether oxygens (including phenoxy) is 1. The van der Waals surface area contributed by atoms with Gasteiger partial charge >= 0.3 is 0 Å². The van der Waals surface area contributed by atoms with Crippen LogP contribution in [0.3, 0.4) is 0 Å². The van der Waals surface area contributed by atoms with Crippen molar-refractivity contribution in [3.05, 3.63) is 81.3 Å². The van der Waals surface area contributed by atoms with Gasteiger partial charge in [-0.1, -0.05) is 44.2 Å². The summed E-state index contributed by atoms with van der Waals surface area (Å²) in [6, 6.07) is 13.8. The van der Waals surface area contributed by atoms with Gasteiger partial charge in [-0.15, -0.1) is 11.3 Å². The SMILES string of the molecule is Cc1nc(COc2cccc(/C=C/C(=O)Nc3c(C)cccc3C(C)C)c2)cs1. The third kappa shape index (κ3) is 5.78. The first-order valence-corrected chi connectivity index (χ1v) is 10.5. The average Bonchev–Trinajstić information content (AvgIpc) is 3.12. The summed E-state index contributed by atoms with van der Waals surface area (Å²) in [6.45, 7) is 8.67. The predicted octanol–water partition coefficient (Wildman–Crippen LogP) is 6.11. The fraction of sp³-hybridized carbons (Fsp3) is 0.250. The van der Waals surface area contributed by atoms with Crippen LogP contribution in [0.1, 0.15) is 47.2 Å². The average molecular weight is 407 g/mol. The summed E-state index contributed by atoms with van der Waals surface area (Å²) in [4.78, 5) is 16.9. The normalized spacial score (nSPS) is 11.2. The molecule has 1 N–H and O–H groups in total. The number of hydrogen-bond donors (Lipinski definition) is 1. The van der Waals surface area contributed by atoms with Crippen molar-refractivity contribution in [3.8, 4) is 5.75 Å². The highest BCUT2D eigenvalue weighted by molar-refractivity contribution is 7.09. The first-order chi connectivity index (χ1) is 13.9. The smallest absolute Gasteiger partial charge is 0.248 e. The van der Waals surface area contributed by atoms with E-state index in [9.17, 15) is 4.79 Å². The van der Waals surface area contributed by atoms with Crippen molar-refractivity contribution < 1.29 is 9.53 Å². The number of benzene rings is 2. The molecule has 0 atom stereocenters. The Morgan fingerprint density at radius 3 is 2.72 bits per heavy atom. The first-order valence-electron chi connectivity index (χ1n) is 9.65. The van der Waals surface area contributed by atoms with Crippen molar-refractivity contribution >= 4 is 29.0 Å². The molecule has 0 saturated heterocycles. The Balaban J connectivity index is 1.65. The number of nitrogens with one attached hydrogen (secondary N) is 1. The van der Waals surface area contributed by atoms with Gasteiger partial charge in [0.2, 0.25) is 5.91 Å². The van der Waals surface area contributed by atoms with Gasteiger partial charge < -0.3 is 10.1 Å². The second-order valence-corrected chi connectivity index (χ2v) is 8.30. The highest BCUT2D eigenvalue weighted by Crippen LogP contribution is 2.27. The van der Waals surface area contributed by atoms with Crippen LogP contribution in [-0.2, 0) is 11.4 Å². The van der Waals surface area contributed by atoms with E-state index in [-0.39, 0.29) is 5.91 Å². The summed E-state index contributed by atoms with van der Waals surface area (Å²) < 4.78 is 5.82. The number of carbonyl (C=O) groups excluding carboxylic acids is 1. The molecule has 0 bridgehead atoms. The first kappa shape index (κ1) is 20.8. The summed E-state index contributed by atoms with van der Waals surface area (Å²) in [5, 5.41) is 6.06. The minimum Gasteiger partial charge on any atom is -0.487 e. The van der Waals surface area contributed by atoms with E-state index >= 15 is 0 Å². The lowest BCUT2D eigenvalue weighted by atomic mass is 9.98. The zero-order chi connectivity index (χ0) is 20.8. The molecule has 0 unspecified atom stereocenters. The van der Waals surface area contributed by atoms with Gasteiger partial charge in [0.25, 0.3) is 0 Å². The van der Waals surface area contributed by atoms with Crippen LogP contribution >= 0.6 is 11.3 Å². The Bertz CT molecular complexity index is 1020. The summed E-state index contributed by atoms with van der Waals surface area (Å²) in [5.74, 6) is 0.939. The van der Waals surface area contributed by atoms with E-state index in [1.165, 1.54) is 0 Å². The molecule has 3 rings (SSSR count). The highest BCUT2D eigenvalue weighted by Gasteiger charge is 2.10. The van der Waals surface area contributed by atoms with Crippen LogP contribution in [0, 0.1) is 13.8 Å². The number of amides is 1. The number of aryl methyl sites for hydroxylation is 2. The maximum absolute atomic E-state index is 12.5. The van der Waals surface area contributed by atoms with Crippen molar-refractivity contribution in [3.63, 3.8) is 0 Å². The molecule has 0 fully saturated rings. The summed E-state index contributed by atoms with van der Waals surface area (Å²) >= 11 is 1.61. The molecule has 1 aromatic heterocycles. The maximum atomic E-state index is 12.5. The van der Waals surface area contributed by atoms with Crippen LogP contribution in [0.2, 0.25) is 0 Å². The Kier molecular flexibility index (Phi) is 6.83. The molecule has 29 heavy (non-hydrogen) atoms. The lowest BCUT2D eigenvalue weighted by molar-refractivity contribution is -0.111. The van der Waals surface area contributed by atoms with E-state index in [0.717, 1.165) is 38.8 Å². The van der Waals surface area contributed by atoms with Crippen molar-refractivity contribution in [2.24, 2.45) is 0 Å². The molecule has 2 aromatic carbocycles. The number of hydrogen-bond acceptors (Lipinski definition) is 4. The van der Waals surface area contributed by atoms with Gasteiger partial charge in [-0.2, -0.15) is 0 Å². The predicted molar refractivity (Wildman–Crippen MR) is 121 cm³/mol. The Morgan fingerprint density at radius 1 is 1.21 bits per heavy atom. The second-order valence-electron chi connectivity index (χ2n) is 7.24. The van der Waals surface area contributed by atoms with Crippen molar-refractivity contribution in [1.29, 1.82) is 0 Å². The quantitative estimate of drug-likeness (QED) is 0.481. The van der Waals surface area contributed by atoms with Crippen LogP contribution in [0.4, 0.5) is 5.69 Å². The number of carbonyl (C=O) groups is 1. The number of thiazole rings is 1. The molecular weight excluding hydrogens is 380 g/mol. The summed E-state index contributed by atoms with van der Waals surface area (Å²) in [5.41, 5.74) is 4.92. The third-order valence-corrected chi connectivity index (χ3v) is 5.34. The zero-order valence-electron chi connectivity index (χ0n) is 17.2. The molecule has 1 heterocycles. The zero-order valence-corrected chi connectivity index (χ0v) is 18.0. The van der Waals surface area contributed by atoms with Gasteiger partial charge in [0.05, 0.1) is 10.7 Å². The highest BCUT2D eigenvalue weighted by atomic mass is 32.1. The molecule has 0 spiro atoms. The number of aromatic nitrogens is 1. The summed E-state index contributed by atoms with van der Waals surface area (Å²) in [7, 11) is 0. The van der Waals surface area contributed by atoms with E-state index in [1.54, 1.807) is 23.5 Å². The van der Waals surface area contributed by atoms with E-state index in [0.29, 0.717) is 12.5 Å². The van der Waals surface area contributed by atoms with E-state index in [4.69, 9.17) is 4.74 Å². The van der Waals surface area contributed by atoms with E-state index < -0.39 is 0 Å². The monoisotopic (exact) mass is 406 g/mol. The van der Waals surface area contributed by atoms with Gasteiger partial charge in [-0.3, -0.25) is 4.79 Å². The summed E-state index contributed by atoms with van der Waals surface area (Å²) in [6.07, 6.45) is 3.35. The Labute approximate surface area is 176 Å². The number of rotatable bonds is 7. The molecule has 0 aliphatic rings. The molecule has 5 heteroatoms.